The summed E-state index contributed by atoms with van der Waals surface area (Å²) in [4.78, 5) is 20.9. The maximum atomic E-state index is 12.2. The number of carbonyl (C=O) groups is 1. The van der Waals surface area contributed by atoms with E-state index in [1.54, 1.807) is 11.3 Å². The number of nitrogens with zero attached hydrogens (tertiary/aromatic N) is 3. The van der Waals surface area contributed by atoms with Crippen molar-refractivity contribution in [1.82, 2.24) is 19.8 Å². The van der Waals surface area contributed by atoms with E-state index in [0.717, 1.165) is 36.9 Å². The summed E-state index contributed by atoms with van der Waals surface area (Å²) in [5.74, 6) is 2.07. The summed E-state index contributed by atoms with van der Waals surface area (Å²) in [5.41, 5.74) is 0.894. The fourth-order valence-electron chi connectivity index (χ4n) is 3.94. The molecule has 1 atom stereocenters. The molecule has 1 aliphatic heterocycles. The molecule has 2 aromatic rings. The van der Waals surface area contributed by atoms with Gasteiger partial charge in [-0.05, 0) is 43.6 Å². The van der Waals surface area contributed by atoms with Crippen molar-refractivity contribution in [2.75, 3.05) is 19.6 Å². The summed E-state index contributed by atoms with van der Waals surface area (Å²) < 4.78 is 2.25. The van der Waals surface area contributed by atoms with Crippen LogP contribution in [-0.4, -0.2) is 40.0 Å². The maximum absolute atomic E-state index is 12.2. The molecule has 4 rings (SSSR count). The quantitative estimate of drug-likeness (QED) is 0.813. The van der Waals surface area contributed by atoms with Crippen LogP contribution in [0.25, 0.3) is 0 Å². The first-order valence-corrected chi connectivity index (χ1v) is 10.7. The third kappa shape index (κ3) is 4.01. The first kappa shape index (κ1) is 17.7. The molecule has 3 heterocycles. The molecule has 0 spiro atoms. The average Bonchev–Trinajstić information content (AvgIpc) is 3.22. The van der Waals surface area contributed by atoms with E-state index in [9.17, 15) is 4.79 Å². The summed E-state index contributed by atoms with van der Waals surface area (Å²) in [7, 11) is 0. The van der Waals surface area contributed by atoms with Crippen LogP contribution in [0.2, 0.25) is 0 Å². The Kier molecular flexibility index (Phi) is 5.41. The normalized spacial score (nSPS) is 20.6. The lowest BCUT2D eigenvalue weighted by molar-refractivity contribution is -0.120. The predicted molar refractivity (Wildman–Crippen MR) is 104 cm³/mol. The van der Waals surface area contributed by atoms with E-state index in [1.807, 2.05) is 6.07 Å². The van der Waals surface area contributed by atoms with E-state index in [2.05, 4.69) is 39.4 Å². The molecule has 1 N–H and O–H groups in total. The summed E-state index contributed by atoms with van der Waals surface area (Å²) >= 11 is 1.74. The monoisotopic (exact) mass is 372 g/mol. The topological polar surface area (TPSA) is 50.2 Å². The minimum Gasteiger partial charge on any atom is -0.355 e. The number of imidazole rings is 1. The number of nitrogens with one attached hydrogen (secondary N) is 1. The molecule has 1 fully saturated rings. The second-order valence-electron chi connectivity index (χ2n) is 7.61. The molecule has 6 heteroatoms. The van der Waals surface area contributed by atoms with Crippen LogP contribution in [0.1, 0.15) is 48.6 Å². The van der Waals surface area contributed by atoms with E-state index in [4.69, 9.17) is 4.98 Å². The highest BCUT2D eigenvalue weighted by Gasteiger charge is 2.29. The van der Waals surface area contributed by atoms with Crippen molar-refractivity contribution in [2.45, 2.75) is 51.6 Å². The molecule has 0 radical (unpaired) electrons. The van der Waals surface area contributed by atoms with Gasteiger partial charge >= 0.3 is 0 Å². The molecule has 140 valence electrons. The van der Waals surface area contributed by atoms with Crippen molar-refractivity contribution in [3.8, 4) is 0 Å². The smallest absolute Gasteiger partial charge is 0.226 e. The third-order valence-electron chi connectivity index (χ3n) is 5.74. The van der Waals surface area contributed by atoms with Gasteiger partial charge in [0.2, 0.25) is 5.91 Å². The first-order valence-electron chi connectivity index (χ1n) is 9.78. The van der Waals surface area contributed by atoms with Gasteiger partial charge in [0.05, 0.1) is 18.2 Å². The molecule has 2 aromatic heterocycles. The summed E-state index contributed by atoms with van der Waals surface area (Å²) in [6, 6.07) is 4.50. The van der Waals surface area contributed by atoms with E-state index >= 15 is 0 Å². The van der Waals surface area contributed by atoms with Crippen molar-refractivity contribution in [2.24, 2.45) is 5.92 Å². The van der Waals surface area contributed by atoms with Gasteiger partial charge in [-0.2, -0.15) is 0 Å². The highest BCUT2D eigenvalue weighted by Crippen LogP contribution is 2.32. The van der Waals surface area contributed by atoms with Crippen LogP contribution >= 0.6 is 11.3 Å². The number of amides is 1. The lowest BCUT2D eigenvalue weighted by Crippen LogP contribution is -2.41. The Morgan fingerprint density at radius 1 is 1.38 bits per heavy atom. The van der Waals surface area contributed by atoms with Crippen LogP contribution in [0, 0.1) is 5.92 Å². The molecule has 0 aromatic carbocycles. The van der Waals surface area contributed by atoms with Gasteiger partial charge < -0.3 is 9.88 Å². The molecule has 0 saturated heterocycles. The summed E-state index contributed by atoms with van der Waals surface area (Å²) in [6.45, 7) is 6.22. The standard InChI is InChI=1S/C20H28N4OS/c1-15-20-22-17(12-19(25)21-8-7-18-6-3-11-26-18)14-24(20)10-9-23(15)13-16-4-2-5-16/h3,6,11,14-16H,2,4-5,7-10,12-13H2,1H3,(H,21,25)/t15-/m1/s1. The van der Waals surface area contributed by atoms with Crippen LogP contribution < -0.4 is 5.32 Å². The Morgan fingerprint density at radius 3 is 3.00 bits per heavy atom. The molecule has 1 saturated carbocycles. The SMILES string of the molecule is C[C@@H]1c2nc(CC(=O)NCCc3cccs3)cn2CCN1CC1CCC1. The Labute approximate surface area is 159 Å². The Bertz CT molecular complexity index is 735. The van der Waals surface area contributed by atoms with Crippen LogP contribution in [0.4, 0.5) is 0 Å². The van der Waals surface area contributed by atoms with E-state index in [0.29, 0.717) is 19.0 Å². The summed E-state index contributed by atoms with van der Waals surface area (Å²) in [6.07, 6.45) is 7.51. The molecular weight excluding hydrogens is 344 g/mol. The van der Waals surface area contributed by atoms with Crippen LogP contribution in [0.15, 0.2) is 23.7 Å². The Morgan fingerprint density at radius 2 is 2.27 bits per heavy atom. The zero-order valence-electron chi connectivity index (χ0n) is 15.5. The van der Waals surface area contributed by atoms with Gasteiger partial charge in [0.1, 0.15) is 5.82 Å². The van der Waals surface area contributed by atoms with Gasteiger partial charge in [0.15, 0.2) is 0 Å². The minimum atomic E-state index is 0.0657. The first-order chi connectivity index (χ1) is 12.7. The lowest BCUT2D eigenvalue weighted by Gasteiger charge is -2.38. The number of rotatable bonds is 7. The number of aromatic nitrogens is 2. The van der Waals surface area contributed by atoms with E-state index < -0.39 is 0 Å². The molecule has 2 aliphatic rings. The van der Waals surface area contributed by atoms with Gasteiger partial charge in [-0.15, -0.1) is 11.3 Å². The molecule has 0 bridgehead atoms. The fourth-order valence-corrected chi connectivity index (χ4v) is 4.65. The molecule has 1 aliphatic carbocycles. The zero-order valence-corrected chi connectivity index (χ0v) is 16.3. The molecule has 26 heavy (non-hydrogen) atoms. The molecule has 0 unspecified atom stereocenters. The maximum Gasteiger partial charge on any atom is 0.226 e. The van der Waals surface area contributed by atoms with Crippen LogP contribution in [0.5, 0.6) is 0 Å². The number of thiophene rings is 1. The highest BCUT2D eigenvalue weighted by molar-refractivity contribution is 7.09. The second kappa shape index (κ2) is 7.92. The lowest BCUT2D eigenvalue weighted by atomic mass is 9.84. The van der Waals surface area contributed by atoms with Gasteiger partial charge in [0.25, 0.3) is 0 Å². The summed E-state index contributed by atoms with van der Waals surface area (Å²) in [5, 5.41) is 5.09. The van der Waals surface area contributed by atoms with Gasteiger partial charge in [-0.1, -0.05) is 12.5 Å². The second-order valence-corrected chi connectivity index (χ2v) is 8.64. The number of hydrogen-bond acceptors (Lipinski definition) is 4. The number of fused-ring (bicyclic) bond motifs is 1. The van der Waals surface area contributed by atoms with E-state index in [-0.39, 0.29) is 5.91 Å². The Balaban J connectivity index is 1.30. The van der Waals surface area contributed by atoms with Crippen molar-refractivity contribution in [1.29, 1.82) is 0 Å². The van der Waals surface area contributed by atoms with Crippen molar-refractivity contribution in [3.05, 3.63) is 40.1 Å². The van der Waals surface area contributed by atoms with Gasteiger partial charge in [-0.25, -0.2) is 4.98 Å². The van der Waals surface area contributed by atoms with Gasteiger partial charge in [-0.3, -0.25) is 9.69 Å². The zero-order chi connectivity index (χ0) is 17.9. The predicted octanol–water partition coefficient (Wildman–Crippen LogP) is 3.02. The number of hydrogen-bond donors (Lipinski definition) is 1. The van der Waals surface area contributed by atoms with Crippen molar-refractivity contribution >= 4 is 17.2 Å². The molecular formula is C20H28N4OS. The fraction of sp³-hybridized carbons (Fsp3) is 0.600. The van der Waals surface area contributed by atoms with E-state index in [1.165, 1.54) is 30.7 Å². The minimum absolute atomic E-state index is 0.0657. The van der Waals surface area contributed by atoms with Gasteiger partial charge in [0, 0.05) is 37.3 Å². The largest absolute Gasteiger partial charge is 0.355 e. The van der Waals surface area contributed by atoms with Crippen molar-refractivity contribution < 1.29 is 4.79 Å². The molecule has 1 amide bonds. The van der Waals surface area contributed by atoms with Crippen LogP contribution in [-0.2, 0) is 24.2 Å². The third-order valence-corrected chi connectivity index (χ3v) is 6.68. The van der Waals surface area contributed by atoms with Crippen molar-refractivity contribution in [3.63, 3.8) is 0 Å². The van der Waals surface area contributed by atoms with Crippen LogP contribution in [0.3, 0.4) is 0 Å². The molecule has 5 nitrogen and oxygen atoms in total. The highest BCUT2D eigenvalue weighted by atomic mass is 32.1. The number of carbonyl (C=O) groups excluding carboxylic acids is 1. The Hall–Kier alpha value is -1.66. The average molecular weight is 373 g/mol.